The lowest BCUT2D eigenvalue weighted by Gasteiger charge is -2.48. The fraction of sp³-hybridized carbons (Fsp3) is 0.562. The van der Waals surface area contributed by atoms with Crippen molar-refractivity contribution >= 4 is 17.2 Å². The minimum Gasteiger partial charge on any atom is -0.349 e. The molecule has 128 valence electrons. The van der Waals surface area contributed by atoms with Crippen molar-refractivity contribution in [3.8, 4) is 0 Å². The molecule has 1 aliphatic rings. The van der Waals surface area contributed by atoms with Crippen molar-refractivity contribution in [2.45, 2.75) is 43.3 Å². The second-order valence-corrected chi connectivity index (χ2v) is 6.76. The van der Waals surface area contributed by atoms with Gasteiger partial charge in [0.1, 0.15) is 6.10 Å². The number of nitrogens with zero attached hydrogens (tertiary/aromatic N) is 1. The van der Waals surface area contributed by atoms with Crippen LogP contribution in [0.3, 0.4) is 0 Å². The summed E-state index contributed by atoms with van der Waals surface area (Å²) >= 11 is 0. The summed E-state index contributed by atoms with van der Waals surface area (Å²) < 4.78 is 38.6. The van der Waals surface area contributed by atoms with E-state index in [0.29, 0.717) is 4.90 Å². The standard InChI is InChI=1S/C16H23NO5S/c1-12-6-8-14(9-7-12)23(18)17-10-13-11-21-15(2,19-4)16(3,20-5)22-13/h6-10,13H,11H2,1-5H3/b17-10+/t13-,15+,16+,23?/m0/s1. The van der Waals surface area contributed by atoms with E-state index in [1.165, 1.54) is 20.4 Å². The molecule has 0 aliphatic carbocycles. The first-order chi connectivity index (χ1) is 10.8. The quantitative estimate of drug-likeness (QED) is 0.768. The third-order valence-corrected chi connectivity index (χ3v) is 5.04. The van der Waals surface area contributed by atoms with Crippen LogP contribution in [-0.2, 0) is 29.9 Å². The molecule has 6 nitrogen and oxygen atoms in total. The van der Waals surface area contributed by atoms with Gasteiger partial charge in [0.05, 0.1) is 11.5 Å². The maximum Gasteiger partial charge on any atom is 0.220 e. The average Bonchev–Trinajstić information content (AvgIpc) is 2.56. The van der Waals surface area contributed by atoms with Crippen LogP contribution in [0.2, 0.25) is 0 Å². The molecule has 1 aliphatic heterocycles. The lowest BCUT2D eigenvalue weighted by Crippen LogP contribution is -2.62. The zero-order valence-corrected chi connectivity index (χ0v) is 14.9. The van der Waals surface area contributed by atoms with Crippen molar-refractivity contribution < 1.29 is 23.2 Å². The minimum absolute atomic E-state index is 0.234. The Morgan fingerprint density at radius 1 is 1.22 bits per heavy atom. The van der Waals surface area contributed by atoms with Crippen LogP contribution in [0.5, 0.6) is 0 Å². The van der Waals surface area contributed by atoms with E-state index < -0.39 is 28.7 Å². The molecule has 1 fully saturated rings. The maximum atomic E-state index is 12.2. The van der Waals surface area contributed by atoms with Gasteiger partial charge in [-0.1, -0.05) is 17.7 Å². The first-order valence-corrected chi connectivity index (χ1v) is 8.39. The van der Waals surface area contributed by atoms with Gasteiger partial charge in [-0.15, -0.1) is 0 Å². The smallest absolute Gasteiger partial charge is 0.220 e. The molecule has 0 N–H and O–H groups in total. The van der Waals surface area contributed by atoms with Crippen molar-refractivity contribution in [3.05, 3.63) is 29.8 Å². The molecule has 1 unspecified atom stereocenters. The molecule has 0 amide bonds. The minimum atomic E-state index is -1.48. The van der Waals surface area contributed by atoms with Crippen LogP contribution in [0.15, 0.2) is 33.6 Å². The highest BCUT2D eigenvalue weighted by Gasteiger charge is 2.53. The van der Waals surface area contributed by atoms with Crippen LogP contribution < -0.4 is 0 Å². The second kappa shape index (κ2) is 7.19. The predicted molar refractivity (Wildman–Crippen MR) is 87.7 cm³/mol. The summed E-state index contributed by atoms with van der Waals surface area (Å²) in [5.41, 5.74) is 1.11. The van der Waals surface area contributed by atoms with Crippen LogP contribution in [0.25, 0.3) is 0 Å². The number of benzene rings is 1. The van der Waals surface area contributed by atoms with E-state index in [4.69, 9.17) is 18.9 Å². The first-order valence-electron chi connectivity index (χ1n) is 7.28. The third-order valence-electron chi connectivity index (χ3n) is 4.05. The lowest BCUT2D eigenvalue weighted by molar-refractivity contribution is -0.423. The number of ether oxygens (including phenoxy) is 4. The van der Waals surface area contributed by atoms with Crippen molar-refractivity contribution in [3.63, 3.8) is 0 Å². The molecule has 0 saturated carbocycles. The van der Waals surface area contributed by atoms with E-state index in [1.54, 1.807) is 26.0 Å². The summed E-state index contributed by atoms with van der Waals surface area (Å²) in [6, 6.07) is 7.38. The molecule has 1 heterocycles. The monoisotopic (exact) mass is 341 g/mol. The molecule has 0 radical (unpaired) electrons. The van der Waals surface area contributed by atoms with Crippen LogP contribution >= 0.6 is 0 Å². The normalized spacial score (nSPS) is 33.0. The third kappa shape index (κ3) is 3.87. The first kappa shape index (κ1) is 18.2. The second-order valence-electron chi connectivity index (χ2n) is 5.58. The van der Waals surface area contributed by atoms with Gasteiger partial charge >= 0.3 is 0 Å². The molecule has 1 aromatic rings. The Labute approximate surface area is 139 Å². The zero-order valence-electron chi connectivity index (χ0n) is 14.1. The molecule has 1 saturated heterocycles. The van der Waals surface area contributed by atoms with Gasteiger partial charge in [0, 0.05) is 20.4 Å². The van der Waals surface area contributed by atoms with Gasteiger partial charge in [-0.3, -0.25) is 0 Å². The molecule has 0 bridgehead atoms. The molecule has 1 aromatic carbocycles. The van der Waals surface area contributed by atoms with Crippen LogP contribution in [0.1, 0.15) is 19.4 Å². The SMILES string of the molecule is CO[C@]1(C)OC[C@H](/C=N/S(=O)c2ccc(C)cc2)O[C@@]1(C)OC. The van der Waals surface area contributed by atoms with E-state index in [-0.39, 0.29) is 6.61 Å². The molecule has 2 rings (SSSR count). The number of hydrogen-bond donors (Lipinski definition) is 0. The highest BCUT2D eigenvalue weighted by atomic mass is 32.2. The van der Waals surface area contributed by atoms with Gasteiger partial charge in [0.25, 0.3) is 0 Å². The van der Waals surface area contributed by atoms with Crippen molar-refractivity contribution in [1.82, 2.24) is 0 Å². The van der Waals surface area contributed by atoms with E-state index in [0.717, 1.165) is 5.56 Å². The van der Waals surface area contributed by atoms with Gasteiger partial charge in [-0.2, -0.15) is 4.40 Å². The Hall–Kier alpha value is -1.12. The predicted octanol–water partition coefficient (Wildman–Crippen LogP) is 2.23. The molecule has 7 heteroatoms. The number of rotatable bonds is 5. The average molecular weight is 341 g/mol. The Balaban J connectivity index is 2.06. The summed E-state index contributed by atoms with van der Waals surface area (Å²) in [7, 11) is 1.57. The number of aryl methyl sites for hydroxylation is 1. The van der Waals surface area contributed by atoms with Crippen molar-refractivity contribution in [2.24, 2.45) is 4.40 Å². The van der Waals surface area contributed by atoms with Gasteiger partial charge in [0.15, 0.2) is 11.0 Å². The number of methoxy groups -OCH3 is 2. The van der Waals surface area contributed by atoms with E-state index in [2.05, 4.69) is 4.40 Å². The van der Waals surface area contributed by atoms with Gasteiger partial charge < -0.3 is 18.9 Å². The van der Waals surface area contributed by atoms with E-state index in [9.17, 15) is 4.21 Å². The summed E-state index contributed by atoms with van der Waals surface area (Å²) in [4.78, 5) is 0.639. The Morgan fingerprint density at radius 2 is 1.83 bits per heavy atom. The number of hydrogen-bond acceptors (Lipinski definition) is 5. The van der Waals surface area contributed by atoms with Crippen LogP contribution in [0, 0.1) is 6.92 Å². The summed E-state index contributed by atoms with van der Waals surface area (Å²) in [6.07, 6.45) is 1.01. The van der Waals surface area contributed by atoms with Crippen LogP contribution in [-0.4, -0.2) is 48.9 Å². The fourth-order valence-electron chi connectivity index (χ4n) is 2.19. The molecule has 0 spiro atoms. The highest BCUT2D eigenvalue weighted by Crippen LogP contribution is 2.36. The Morgan fingerprint density at radius 3 is 2.39 bits per heavy atom. The highest BCUT2D eigenvalue weighted by molar-refractivity contribution is 7.83. The van der Waals surface area contributed by atoms with Crippen LogP contribution in [0.4, 0.5) is 0 Å². The summed E-state index contributed by atoms with van der Waals surface area (Å²) in [6.45, 7) is 5.68. The molecular weight excluding hydrogens is 318 g/mol. The van der Waals surface area contributed by atoms with E-state index >= 15 is 0 Å². The van der Waals surface area contributed by atoms with Crippen molar-refractivity contribution in [2.75, 3.05) is 20.8 Å². The largest absolute Gasteiger partial charge is 0.349 e. The summed E-state index contributed by atoms with van der Waals surface area (Å²) in [5.74, 6) is -2.12. The van der Waals surface area contributed by atoms with Gasteiger partial charge in [-0.05, 0) is 32.9 Å². The summed E-state index contributed by atoms with van der Waals surface area (Å²) in [5, 5.41) is 0. The van der Waals surface area contributed by atoms with E-state index in [1.807, 2.05) is 19.1 Å². The molecule has 23 heavy (non-hydrogen) atoms. The molecule has 0 aromatic heterocycles. The lowest BCUT2D eigenvalue weighted by atomic mass is 10.1. The molecule has 4 atom stereocenters. The fourth-order valence-corrected chi connectivity index (χ4v) is 2.93. The Kier molecular flexibility index (Phi) is 5.70. The maximum absolute atomic E-state index is 12.2. The zero-order chi connectivity index (χ0) is 17.1. The molecular formula is C16H23NO5S. The Bertz CT molecular complexity index is 591. The van der Waals surface area contributed by atoms with Crippen molar-refractivity contribution in [1.29, 1.82) is 0 Å². The topological polar surface area (TPSA) is 66.4 Å². The van der Waals surface area contributed by atoms with Gasteiger partial charge in [0.2, 0.25) is 11.6 Å². The van der Waals surface area contributed by atoms with Gasteiger partial charge in [-0.25, -0.2) is 4.21 Å².